The van der Waals surface area contributed by atoms with Crippen LogP contribution in [0.15, 0.2) is 42.5 Å². The van der Waals surface area contributed by atoms with Crippen LogP contribution in [0, 0.1) is 17.7 Å². The first-order valence-electron chi connectivity index (χ1n) is 11.6. The Morgan fingerprint density at radius 2 is 1.59 bits per heavy atom. The number of alkyl halides is 6. The quantitative estimate of drug-likeness (QED) is 0.485. The smallest absolute Gasteiger partial charge is 0.373 e. The fraction of sp³-hybridized carbons (Fsp3) is 0.480. The van der Waals surface area contributed by atoms with Crippen LogP contribution in [0.1, 0.15) is 54.0 Å². The van der Waals surface area contributed by atoms with Crippen LogP contribution in [0.25, 0.3) is 0 Å². The van der Waals surface area contributed by atoms with Gasteiger partial charge in [0.15, 0.2) is 0 Å². The minimum Gasteiger partial charge on any atom is -0.373 e. The lowest BCUT2D eigenvalue weighted by Gasteiger charge is -2.42. The van der Waals surface area contributed by atoms with E-state index >= 15 is 0 Å². The third kappa shape index (κ3) is 5.54. The van der Waals surface area contributed by atoms with E-state index in [1.807, 2.05) is 0 Å². The fourth-order valence-electron chi connectivity index (χ4n) is 5.55. The molecular formula is C25H25F7N2O3. The molecule has 3 N–H and O–H groups in total. The van der Waals surface area contributed by atoms with Gasteiger partial charge in [0.1, 0.15) is 12.0 Å². The van der Waals surface area contributed by atoms with Crippen LogP contribution >= 0.6 is 0 Å². The molecule has 2 amide bonds. The minimum atomic E-state index is -5.00. The fourth-order valence-corrected chi connectivity index (χ4v) is 5.55. The Morgan fingerprint density at radius 1 is 1.03 bits per heavy atom. The zero-order chi connectivity index (χ0) is 27.3. The van der Waals surface area contributed by atoms with Crippen LogP contribution < -0.4 is 5.73 Å². The van der Waals surface area contributed by atoms with Gasteiger partial charge in [-0.2, -0.15) is 26.3 Å². The molecule has 0 bridgehead atoms. The molecule has 4 rings (SSSR count). The van der Waals surface area contributed by atoms with Gasteiger partial charge in [0.05, 0.1) is 23.3 Å². The average molecular weight is 534 g/mol. The molecule has 2 fully saturated rings. The lowest BCUT2D eigenvalue weighted by atomic mass is 9.68. The Kier molecular flexibility index (Phi) is 7.19. The molecule has 2 aromatic carbocycles. The van der Waals surface area contributed by atoms with Gasteiger partial charge in [-0.05, 0) is 67.1 Å². The highest BCUT2D eigenvalue weighted by Crippen LogP contribution is 2.50. The van der Waals surface area contributed by atoms with Gasteiger partial charge in [0.25, 0.3) is 0 Å². The number of likely N-dealkylation sites (tertiary alicyclic amines) is 1. The zero-order valence-corrected chi connectivity index (χ0v) is 19.6. The molecule has 12 heteroatoms. The number of carbonyl (C=O) groups excluding carboxylic acids is 1. The second-order valence-electron chi connectivity index (χ2n) is 9.55. The van der Waals surface area contributed by atoms with E-state index in [2.05, 4.69) is 0 Å². The van der Waals surface area contributed by atoms with Crippen LogP contribution in [0.2, 0.25) is 0 Å². The Bertz CT molecular complexity index is 1100. The van der Waals surface area contributed by atoms with Crippen LogP contribution in [-0.2, 0) is 17.1 Å². The summed E-state index contributed by atoms with van der Waals surface area (Å²) in [6.07, 6.45) is -12.4. The number of hydrogen-bond donors (Lipinski definition) is 2. The van der Waals surface area contributed by atoms with Crippen molar-refractivity contribution >= 4 is 6.03 Å². The average Bonchev–Trinajstić information content (AvgIpc) is 3.15. The number of aliphatic hydroxyl groups excluding tert-OH is 1. The summed E-state index contributed by atoms with van der Waals surface area (Å²) in [4.78, 5) is 12.9. The van der Waals surface area contributed by atoms with Crippen LogP contribution in [0.4, 0.5) is 35.5 Å². The molecule has 0 radical (unpaired) electrons. The molecule has 5 nitrogen and oxygen atoms in total. The van der Waals surface area contributed by atoms with Gasteiger partial charge < -0.3 is 15.6 Å². The molecule has 6 atom stereocenters. The molecule has 0 spiro atoms. The summed E-state index contributed by atoms with van der Waals surface area (Å²) >= 11 is 0. The molecule has 2 aliphatic rings. The van der Waals surface area contributed by atoms with E-state index in [-0.39, 0.29) is 24.1 Å². The van der Waals surface area contributed by atoms with Gasteiger partial charge >= 0.3 is 18.4 Å². The lowest BCUT2D eigenvalue weighted by molar-refractivity contribution is -0.143. The molecule has 1 saturated carbocycles. The first kappa shape index (κ1) is 27.2. The van der Waals surface area contributed by atoms with E-state index in [9.17, 15) is 40.6 Å². The van der Waals surface area contributed by atoms with Crippen LogP contribution in [0.3, 0.4) is 0 Å². The monoisotopic (exact) mass is 534 g/mol. The summed E-state index contributed by atoms with van der Waals surface area (Å²) < 4.78 is 99.9. The largest absolute Gasteiger partial charge is 0.416 e. The highest BCUT2D eigenvalue weighted by molar-refractivity contribution is 5.72. The van der Waals surface area contributed by atoms with Gasteiger partial charge in [-0.3, -0.25) is 4.90 Å². The first-order chi connectivity index (χ1) is 17.2. The van der Waals surface area contributed by atoms with Gasteiger partial charge in [-0.15, -0.1) is 0 Å². The number of halogens is 7. The van der Waals surface area contributed by atoms with E-state index in [1.54, 1.807) is 0 Å². The highest BCUT2D eigenvalue weighted by atomic mass is 19.4. The summed E-state index contributed by atoms with van der Waals surface area (Å²) in [5.41, 5.74) is 2.74. The number of hydrogen-bond acceptors (Lipinski definition) is 3. The molecule has 2 aromatic rings. The second-order valence-corrected chi connectivity index (χ2v) is 9.55. The number of nitrogens with two attached hydrogens (primary N) is 1. The van der Waals surface area contributed by atoms with Gasteiger partial charge in [0.2, 0.25) is 0 Å². The van der Waals surface area contributed by atoms with Crippen molar-refractivity contribution in [2.24, 2.45) is 17.6 Å². The normalized spacial score (nSPS) is 27.2. The molecule has 1 aliphatic carbocycles. The molecule has 0 aromatic heterocycles. The number of carbonyl (C=O) groups is 1. The maximum atomic E-state index is 13.6. The Morgan fingerprint density at radius 3 is 2.11 bits per heavy atom. The maximum absolute atomic E-state index is 13.6. The molecule has 37 heavy (non-hydrogen) atoms. The van der Waals surface area contributed by atoms with Gasteiger partial charge in [-0.25, -0.2) is 9.18 Å². The van der Waals surface area contributed by atoms with Crippen molar-refractivity contribution in [3.8, 4) is 0 Å². The topological polar surface area (TPSA) is 75.8 Å². The molecule has 1 heterocycles. The highest BCUT2D eigenvalue weighted by Gasteiger charge is 2.52. The summed E-state index contributed by atoms with van der Waals surface area (Å²) in [5.74, 6) is -1.92. The number of primary amides is 1. The SMILES string of the molecule is C[C@@H](O[C@H]1CC[C@@H]2CN(C(N)=O)C(O)[C@H]2[C@@H]1c1ccc(F)cc1)c1cc(C(F)(F)F)cc(C(F)(F)F)c1. The van der Waals surface area contributed by atoms with Crippen molar-refractivity contribution in [2.45, 2.75) is 56.5 Å². The molecule has 1 aliphatic heterocycles. The third-order valence-corrected chi connectivity index (χ3v) is 7.27. The number of benzene rings is 2. The molecule has 1 unspecified atom stereocenters. The Balaban J connectivity index is 1.69. The molecular weight excluding hydrogens is 509 g/mol. The molecule has 202 valence electrons. The number of urea groups is 1. The standard InChI is InChI=1S/C25H25F7N2O3/c1-12(15-8-16(24(27,28)29)10-17(9-15)25(30,31)32)37-19-7-4-14-11-34(23(33)36)22(35)21(14)20(19)13-2-5-18(26)6-3-13/h2-3,5-6,8-10,12,14,19-22,35H,4,7,11H2,1H3,(H2,33,36)/t12-,14-,19+,20-,21-,22?/m1/s1. The summed E-state index contributed by atoms with van der Waals surface area (Å²) in [6, 6.07) is 5.84. The lowest BCUT2D eigenvalue weighted by Crippen LogP contribution is -2.44. The third-order valence-electron chi connectivity index (χ3n) is 7.27. The summed E-state index contributed by atoms with van der Waals surface area (Å²) in [7, 11) is 0. The number of nitrogens with zero attached hydrogens (tertiary/aromatic N) is 1. The van der Waals surface area contributed by atoms with Crippen molar-refractivity contribution in [3.63, 3.8) is 0 Å². The minimum absolute atomic E-state index is 0.0516. The first-order valence-corrected chi connectivity index (χ1v) is 11.6. The number of ether oxygens (including phenoxy) is 1. The van der Waals surface area contributed by atoms with Crippen LogP contribution in [-0.4, -0.2) is 34.9 Å². The van der Waals surface area contributed by atoms with Crippen molar-refractivity contribution in [1.82, 2.24) is 4.90 Å². The predicted octanol–water partition coefficient (Wildman–Crippen LogP) is 5.83. The summed E-state index contributed by atoms with van der Waals surface area (Å²) in [6.45, 7) is 1.54. The van der Waals surface area contributed by atoms with Gasteiger partial charge in [0, 0.05) is 18.4 Å². The van der Waals surface area contributed by atoms with E-state index in [0.717, 1.165) is 4.90 Å². The Labute approximate surface area is 208 Å². The Hall–Kier alpha value is -2.86. The van der Waals surface area contributed by atoms with Crippen molar-refractivity contribution in [2.75, 3.05) is 6.54 Å². The zero-order valence-electron chi connectivity index (χ0n) is 19.6. The van der Waals surface area contributed by atoms with E-state index in [1.165, 1.54) is 31.2 Å². The number of fused-ring (bicyclic) bond motifs is 1. The van der Waals surface area contributed by atoms with E-state index in [0.29, 0.717) is 30.5 Å². The number of amides is 2. The molecule has 1 saturated heterocycles. The maximum Gasteiger partial charge on any atom is 0.416 e. The number of aliphatic hydroxyl groups is 1. The van der Waals surface area contributed by atoms with Crippen molar-refractivity contribution in [1.29, 1.82) is 0 Å². The predicted molar refractivity (Wildman–Crippen MR) is 117 cm³/mol. The van der Waals surface area contributed by atoms with Crippen LogP contribution in [0.5, 0.6) is 0 Å². The van der Waals surface area contributed by atoms with E-state index < -0.39 is 65.6 Å². The van der Waals surface area contributed by atoms with Gasteiger partial charge in [-0.1, -0.05) is 12.1 Å². The number of rotatable bonds is 4. The van der Waals surface area contributed by atoms with Crippen molar-refractivity contribution in [3.05, 3.63) is 70.5 Å². The van der Waals surface area contributed by atoms with Crippen molar-refractivity contribution < 1.29 is 45.4 Å². The second kappa shape index (κ2) is 9.79. The van der Waals surface area contributed by atoms with E-state index in [4.69, 9.17) is 10.5 Å². The summed E-state index contributed by atoms with van der Waals surface area (Å²) in [5, 5.41) is 10.9.